The maximum Gasteiger partial charge on any atom is 0.318 e. The van der Waals surface area contributed by atoms with Crippen LogP contribution in [-0.2, 0) is 14.3 Å². The second kappa shape index (κ2) is 4.94. The lowest BCUT2D eigenvalue weighted by atomic mass is 9.74. The highest BCUT2D eigenvalue weighted by atomic mass is 16.5. The Kier molecular flexibility index (Phi) is 3.65. The summed E-state index contributed by atoms with van der Waals surface area (Å²) < 4.78 is 10.1. The zero-order valence-corrected chi connectivity index (χ0v) is 11.9. The predicted octanol–water partition coefficient (Wildman–Crippen LogP) is 1.80. The third kappa shape index (κ3) is 2.15. The molecule has 2 N–H and O–H groups in total. The fraction of sp³-hybridized carbons (Fsp3) is 0.533. The second-order valence-electron chi connectivity index (χ2n) is 5.41. The van der Waals surface area contributed by atoms with Crippen LogP contribution in [0.5, 0.6) is 0 Å². The van der Waals surface area contributed by atoms with Crippen molar-refractivity contribution in [3.05, 3.63) is 34.4 Å². The fourth-order valence-electron chi connectivity index (χ4n) is 2.57. The van der Waals surface area contributed by atoms with Crippen molar-refractivity contribution in [1.82, 2.24) is 0 Å². The molecule has 0 radical (unpaired) electrons. The van der Waals surface area contributed by atoms with Crippen LogP contribution in [0.4, 0.5) is 0 Å². The van der Waals surface area contributed by atoms with Crippen LogP contribution in [0.3, 0.4) is 0 Å². The first-order valence-electron chi connectivity index (χ1n) is 6.42. The van der Waals surface area contributed by atoms with Crippen molar-refractivity contribution in [2.24, 2.45) is 11.1 Å². The average molecular weight is 263 g/mol. The smallest absolute Gasteiger partial charge is 0.318 e. The van der Waals surface area contributed by atoms with Gasteiger partial charge in [0.1, 0.15) is 5.41 Å². The highest BCUT2D eigenvalue weighted by Gasteiger charge is 2.52. The SMILES string of the molecule is COC(=O)C1(C(N)c2cc(C)c(C)cc2C)COC1. The molecule has 0 spiro atoms. The first-order valence-corrected chi connectivity index (χ1v) is 6.42. The summed E-state index contributed by atoms with van der Waals surface area (Å²) in [6.45, 7) is 6.79. The fourth-order valence-corrected chi connectivity index (χ4v) is 2.57. The van der Waals surface area contributed by atoms with Crippen molar-refractivity contribution in [3.8, 4) is 0 Å². The molecule has 0 saturated carbocycles. The van der Waals surface area contributed by atoms with E-state index < -0.39 is 11.5 Å². The third-order valence-electron chi connectivity index (χ3n) is 4.12. The van der Waals surface area contributed by atoms with E-state index in [1.54, 1.807) is 0 Å². The van der Waals surface area contributed by atoms with Gasteiger partial charge in [-0.25, -0.2) is 0 Å². The largest absolute Gasteiger partial charge is 0.468 e. The molecular formula is C15H21NO3. The molecule has 19 heavy (non-hydrogen) atoms. The number of esters is 1. The Morgan fingerprint density at radius 1 is 1.26 bits per heavy atom. The quantitative estimate of drug-likeness (QED) is 0.845. The topological polar surface area (TPSA) is 61.5 Å². The van der Waals surface area contributed by atoms with Crippen molar-refractivity contribution in [3.63, 3.8) is 0 Å². The third-order valence-corrected chi connectivity index (χ3v) is 4.12. The number of benzene rings is 1. The molecule has 1 aliphatic rings. The van der Waals surface area contributed by atoms with Crippen molar-refractivity contribution < 1.29 is 14.3 Å². The first kappa shape index (κ1) is 14.0. The monoisotopic (exact) mass is 263 g/mol. The molecule has 1 aromatic carbocycles. The Bertz CT molecular complexity index is 506. The molecule has 1 heterocycles. The molecule has 104 valence electrons. The van der Waals surface area contributed by atoms with Gasteiger partial charge in [-0.15, -0.1) is 0 Å². The molecule has 1 aromatic rings. The van der Waals surface area contributed by atoms with E-state index in [-0.39, 0.29) is 5.97 Å². The lowest BCUT2D eigenvalue weighted by Crippen LogP contribution is -2.56. The minimum absolute atomic E-state index is 0.288. The Morgan fingerprint density at radius 2 is 1.84 bits per heavy atom. The van der Waals surface area contributed by atoms with Crippen LogP contribution in [0.15, 0.2) is 12.1 Å². The molecule has 1 atom stereocenters. The van der Waals surface area contributed by atoms with Gasteiger partial charge < -0.3 is 15.2 Å². The number of carbonyl (C=O) groups is 1. The van der Waals surface area contributed by atoms with Crippen molar-refractivity contribution in [1.29, 1.82) is 0 Å². The number of nitrogens with two attached hydrogens (primary N) is 1. The second-order valence-corrected chi connectivity index (χ2v) is 5.41. The van der Waals surface area contributed by atoms with E-state index in [0.29, 0.717) is 13.2 Å². The minimum Gasteiger partial charge on any atom is -0.468 e. The van der Waals surface area contributed by atoms with Gasteiger partial charge in [0.25, 0.3) is 0 Å². The highest BCUT2D eigenvalue weighted by molar-refractivity contribution is 5.79. The molecule has 0 amide bonds. The zero-order valence-electron chi connectivity index (χ0n) is 11.9. The zero-order chi connectivity index (χ0) is 14.2. The van der Waals surface area contributed by atoms with E-state index in [0.717, 1.165) is 11.1 Å². The maximum atomic E-state index is 12.0. The van der Waals surface area contributed by atoms with Gasteiger partial charge in [0.2, 0.25) is 0 Å². The maximum absolute atomic E-state index is 12.0. The molecule has 1 fully saturated rings. The number of rotatable bonds is 3. The Labute approximate surface area is 113 Å². The van der Waals surface area contributed by atoms with Crippen LogP contribution in [0.1, 0.15) is 28.3 Å². The van der Waals surface area contributed by atoms with Crippen LogP contribution in [0, 0.1) is 26.2 Å². The van der Waals surface area contributed by atoms with Crippen molar-refractivity contribution >= 4 is 5.97 Å². The lowest BCUT2D eigenvalue weighted by molar-refractivity contribution is -0.188. The predicted molar refractivity (Wildman–Crippen MR) is 72.8 cm³/mol. The summed E-state index contributed by atoms with van der Waals surface area (Å²) in [5.41, 5.74) is 10.1. The Balaban J connectivity index is 2.41. The lowest BCUT2D eigenvalue weighted by Gasteiger charge is -2.43. The molecule has 4 heteroatoms. The summed E-state index contributed by atoms with van der Waals surface area (Å²) in [6, 6.07) is 3.78. The standard InChI is InChI=1S/C15H21NO3/c1-9-5-11(3)12(6-10(9)2)13(16)15(7-19-8-15)14(17)18-4/h5-6,13H,7-8,16H2,1-4H3. The van der Waals surface area contributed by atoms with Gasteiger partial charge in [0.05, 0.1) is 26.4 Å². The van der Waals surface area contributed by atoms with E-state index in [1.165, 1.54) is 18.2 Å². The van der Waals surface area contributed by atoms with E-state index >= 15 is 0 Å². The van der Waals surface area contributed by atoms with Gasteiger partial charge >= 0.3 is 5.97 Å². The summed E-state index contributed by atoms with van der Waals surface area (Å²) in [6.07, 6.45) is 0. The van der Waals surface area contributed by atoms with Gasteiger partial charge in [0.15, 0.2) is 0 Å². The summed E-state index contributed by atoms with van der Waals surface area (Å²) in [7, 11) is 1.39. The molecule has 0 bridgehead atoms. The van der Waals surface area contributed by atoms with E-state index in [9.17, 15) is 4.79 Å². The van der Waals surface area contributed by atoms with Gasteiger partial charge in [-0.2, -0.15) is 0 Å². The van der Waals surface area contributed by atoms with Crippen LogP contribution >= 0.6 is 0 Å². The molecule has 0 aliphatic carbocycles. The molecule has 0 aromatic heterocycles. The molecule has 1 aliphatic heterocycles. The molecular weight excluding hydrogens is 242 g/mol. The summed E-state index contributed by atoms with van der Waals surface area (Å²) in [5.74, 6) is -0.288. The van der Waals surface area contributed by atoms with Crippen molar-refractivity contribution in [2.45, 2.75) is 26.8 Å². The number of hydrogen-bond acceptors (Lipinski definition) is 4. The molecule has 4 nitrogen and oxygen atoms in total. The number of carbonyl (C=O) groups excluding carboxylic acids is 1. The van der Waals surface area contributed by atoms with Crippen molar-refractivity contribution in [2.75, 3.05) is 20.3 Å². The van der Waals surface area contributed by atoms with Gasteiger partial charge in [0, 0.05) is 0 Å². The summed E-state index contributed by atoms with van der Waals surface area (Å²) in [4.78, 5) is 12.0. The minimum atomic E-state index is -0.735. The molecule has 2 rings (SSSR count). The number of hydrogen-bond donors (Lipinski definition) is 1. The normalized spacial score (nSPS) is 18.6. The van der Waals surface area contributed by atoms with Crippen LogP contribution in [0.25, 0.3) is 0 Å². The Morgan fingerprint density at radius 3 is 2.32 bits per heavy atom. The Hall–Kier alpha value is -1.39. The van der Waals surface area contributed by atoms with Gasteiger partial charge in [-0.1, -0.05) is 12.1 Å². The number of methoxy groups -OCH3 is 1. The summed E-state index contributed by atoms with van der Waals surface area (Å²) >= 11 is 0. The van der Waals surface area contributed by atoms with E-state index in [2.05, 4.69) is 19.1 Å². The van der Waals surface area contributed by atoms with Crippen LogP contribution in [-0.4, -0.2) is 26.3 Å². The number of aryl methyl sites for hydroxylation is 3. The highest BCUT2D eigenvalue weighted by Crippen LogP contribution is 2.41. The van der Waals surface area contributed by atoms with E-state index in [4.69, 9.17) is 15.2 Å². The van der Waals surface area contributed by atoms with Gasteiger partial charge in [-0.05, 0) is 43.0 Å². The first-order chi connectivity index (χ1) is 8.92. The average Bonchev–Trinajstić information content (AvgIpc) is 2.31. The summed E-state index contributed by atoms with van der Waals surface area (Å²) in [5, 5.41) is 0. The van der Waals surface area contributed by atoms with E-state index in [1.807, 2.05) is 13.8 Å². The number of ether oxygens (including phenoxy) is 2. The molecule has 1 saturated heterocycles. The van der Waals surface area contributed by atoms with Gasteiger partial charge in [-0.3, -0.25) is 4.79 Å². The van der Waals surface area contributed by atoms with Crippen LogP contribution < -0.4 is 5.73 Å². The molecule has 1 unspecified atom stereocenters. The van der Waals surface area contributed by atoms with Crippen LogP contribution in [0.2, 0.25) is 0 Å².